The maximum absolute atomic E-state index is 12.6. The second kappa shape index (κ2) is 6.62. The van der Waals surface area contributed by atoms with E-state index >= 15 is 0 Å². The zero-order valence-electron chi connectivity index (χ0n) is 15.7. The van der Waals surface area contributed by atoms with Gasteiger partial charge in [0.25, 0.3) is 0 Å². The molecule has 25 heavy (non-hydrogen) atoms. The molecular formula is C21H30O4. The number of rotatable bonds is 4. The number of allylic oxidation sites excluding steroid dienone is 1. The second-order valence-corrected chi connectivity index (χ2v) is 8.44. The van der Waals surface area contributed by atoms with E-state index in [-0.39, 0.29) is 17.4 Å². The van der Waals surface area contributed by atoms with Crippen molar-refractivity contribution in [1.82, 2.24) is 0 Å². The SMILES string of the molecule is C=C1CC[C@H]2[C@](C)(CCC[C@@]2(C)C(=O)OC)[C@H]1CCC1=CCOC1=O. The predicted octanol–water partition coefficient (Wildman–Crippen LogP) is 4.20. The van der Waals surface area contributed by atoms with Gasteiger partial charge in [0.05, 0.1) is 12.5 Å². The molecule has 4 nitrogen and oxygen atoms in total. The molecule has 0 N–H and O–H groups in total. The van der Waals surface area contributed by atoms with Gasteiger partial charge in [-0.3, -0.25) is 4.79 Å². The molecule has 4 atom stereocenters. The monoisotopic (exact) mass is 346 g/mol. The van der Waals surface area contributed by atoms with Crippen LogP contribution in [0.1, 0.15) is 58.8 Å². The molecule has 0 aromatic heterocycles. The van der Waals surface area contributed by atoms with Crippen LogP contribution in [0.25, 0.3) is 0 Å². The molecule has 2 saturated carbocycles. The number of ether oxygens (including phenoxy) is 2. The van der Waals surface area contributed by atoms with Crippen LogP contribution < -0.4 is 0 Å². The van der Waals surface area contributed by atoms with Gasteiger partial charge in [-0.2, -0.15) is 0 Å². The lowest BCUT2D eigenvalue weighted by molar-refractivity contribution is -0.168. The zero-order chi connectivity index (χ0) is 18.2. The number of hydrogen-bond acceptors (Lipinski definition) is 4. The highest BCUT2D eigenvalue weighted by Gasteiger charge is 2.57. The molecule has 0 aromatic carbocycles. The minimum atomic E-state index is -0.410. The highest BCUT2D eigenvalue weighted by atomic mass is 16.5. The van der Waals surface area contributed by atoms with Crippen LogP contribution in [0.5, 0.6) is 0 Å². The smallest absolute Gasteiger partial charge is 0.334 e. The average Bonchev–Trinajstić information content (AvgIpc) is 2.98. The van der Waals surface area contributed by atoms with Crippen LogP contribution in [0.4, 0.5) is 0 Å². The average molecular weight is 346 g/mol. The topological polar surface area (TPSA) is 52.6 Å². The number of esters is 2. The van der Waals surface area contributed by atoms with Gasteiger partial charge in [0.2, 0.25) is 0 Å². The van der Waals surface area contributed by atoms with Crippen molar-refractivity contribution in [2.45, 2.75) is 58.8 Å². The van der Waals surface area contributed by atoms with Crippen LogP contribution in [0.15, 0.2) is 23.8 Å². The summed E-state index contributed by atoms with van der Waals surface area (Å²) in [6.07, 6.45) is 8.54. The van der Waals surface area contributed by atoms with Gasteiger partial charge in [0, 0.05) is 5.57 Å². The Bertz CT molecular complexity index is 619. The molecule has 0 amide bonds. The minimum absolute atomic E-state index is 0.0413. The summed E-state index contributed by atoms with van der Waals surface area (Å²) >= 11 is 0. The summed E-state index contributed by atoms with van der Waals surface area (Å²) in [6.45, 7) is 9.17. The fraction of sp³-hybridized carbons (Fsp3) is 0.714. The number of cyclic esters (lactones) is 1. The van der Waals surface area contributed by atoms with Crippen molar-refractivity contribution < 1.29 is 19.1 Å². The fourth-order valence-corrected chi connectivity index (χ4v) is 5.86. The Balaban J connectivity index is 1.84. The summed E-state index contributed by atoms with van der Waals surface area (Å²) in [5.74, 6) is 0.397. The highest BCUT2D eigenvalue weighted by Crippen LogP contribution is 2.62. The summed E-state index contributed by atoms with van der Waals surface area (Å²) in [6, 6.07) is 0. The van der Waals surface area contributed by atoms with Crippen molar-refractivity contribution in [3.63, 3.8) is 0 Å². The molecule has 138 valence electrons. The summed E-state index contributed by atoms with van der Waals surface area (Å²) < 4.78 is 10.2. The molecule has 3 rings (SSSR count). The number of methoxy groups -OCH3 is 1. The first-order valence-corrected chi connectivity index (χ1v) is 9.45. The Morgan fingerprint density at radius 2 is 2.16 bits per heavy atom. The molecular weight excluding hydrogens is 316 g/mol. The maximum Gasteiger partial charge on any atom is 0.334 e. The van der Waals surface area contributed by atoms with Crippen molar-refractivity contribution in [2.75, 3.05) is 13.7 Å². The normalized spacial score (nSPS) is 38.0. The molecule has 0 saturated heterocycles. The van der Waals surface area contributed by atoms with E-state index in [1.165, 1.54) is 12.7 Å². The molecule has 0 bridgehead atoms. The van der Waals surface area contributed by atoms with Gasteiger partial charge >= 0.3 is 11.9 Å². The Morgan fingerprint density at radius 3 is 2.80 bits per heavy atom. The van der Waals surface area contributed by atoms with Gasteiger partial charge in [-0.15, -0.1) is 0 Å². The summed E-state index contributed by atoms with van der Waals surface area (Å²) in [5, 5.41) is 0. The molecule has 2 aliphatic carbocycles. The number of fused-ring (bicyclic) bond motifs is 1. The molecule has 2 fully saturated rings. The number of carbonyl (C=O) groups excluding carboxylic acids is 2. The van der Waals surface area contributed by atoms with Gasteiger partial charge in [-0.25, -0.2) is 4.79 Å². The van der Waals surface area contributed by atoms with Gasteiger partial charge < -0.3 is 9.47 Å². The molecule has 4 heteroatoms. The summed E-state index contributed by atoms with van der Waals surface area (Å²) in [5.41, 5.74) is 1.70. The van der Waals surface area contributed by atoms with E-state index in [9.17, 15) is 9.59 Å². The van der Waals surface area contributed by atoms with Gasteiger partial charge in [0.1, 0.15) is 6.61 Å². The van der Waals surface area contributed by atoms with Crippen LogP contribution in [-0.2, 0) is 19.1 Å². The second-order valence-electron chi connectivity index (χ2n) is 8.44. The Kier molecular flexibility index (Phi) is 4.82. The lowest BCUT2D eigenvalue weighted by Gasteiger charge is -2.57. The van der Waals surface area contributed by atoms with E-state index in [2.05, 4.69) is 20.4 Å². The predicted molar refractivity (Wildman–Crippen MR) is 95.7 cm³/mol. The van der Waals surface area contributed by atoms with E-state index in [4.69, 9.17) is 9.47 Å². The highest BCUT2D eigenvalue weighted by molar-refractivity contribution is 5.90. The molecule has 0 unspecified atom stereocenters. The van der Waals surface area contributed by atoms with Crippen molar-refractivity contribution >= 4 is 11.9 Å². The fourth-order valence-electron chi connectivity index (χ4n) is 5.86. The first-order valence-electron chi connectivity index (χ1n) is 9.45. The number of carbonyl (C=O) groups is 2. The van der Waals surface area contributed by atoms with Crippen LogP contribution in [-0.4, -0.2) is 25.7 Å². The van der Waals surface area contributed by atoms with Gasteiger partial charge in [-0.05, 0) is 68.8 Å². The number of hydrogen-bond donors (Lipinski definition) is 0. The molecule has 3 aliphatic rings. The first kappa shape index (κ1) is 18.2. The quantitative estimate of drug-likeness (QED) is 0.565. The van der Waals surface area contributed by atoms with Crippen molar-refractivity contribution in [3.8, 4) is 0 Å². The van der Waals surface area contributed by atoms with Crippen LogP contribution in [0.2, 0.25) is 0 Å². The molecule has 1 aliphatic heterocycles. The van der Waals surface area contributed by atoms with Crippen LogP contribution in [0.3, 0.4) is 0 Å². The first-order chi connectivity index (χ1) is 11.8. The van der Waals surface area contributed by atoms with Crippen LogP contribution >= 0.6 is 0 Å². The lowest BCUT2D eigenvalue weighted by atomic mass is 9.46. The van der Waals surface area contributed by atoms with Crippen LogP contribution in [0, 0.1) is 22.7 Å². The summed E-state index contributed by atoms with van der Waals surface area (Å²) in [7, 11) is 1.50. The van der Waals surface area contributed by atoms with E-state index in [0.717, 1.165) is 50.5 Å². The third-order valence-corrected chi connectivity index (χ3v) is 7.18. The Labute approximate surface area is 150 Å². The van der Waals surface area contributed by atoms with Crippen molar-refractivity contribution in [2.24, 2.45) is 22.7 Å². The third kappa shape index (κ3) is 2.94. The van der Waals surface area contributed by atoms with E-state index in [0.29, 0.717) is 18.4 Å². The molecule has 0 spiro atoms. The van der Waals surface area contributed by atoms with E-state index in [1.807, 2.05) is 6.08 Å². The van der Waals surface area contributed by atoms with E-state index < -0.39 is 5.41 Å². The van der Waals surface area contributed by atoms with Crippen molar-refractivity contribution in [1.29, 1.82) is 0 Å². The van der Waals surface area contributed by atoms with E-state index in [1.54, 1.807) is 0 Å². The molecule has 0 aromatic rings. The standard InChI is InChI=1S/C21H30O4/c1-14-6-9-17-20(2,11-5-12-21(17,3)19(23)24-4)16(14)8-7-15-10-13-25-18(15)22/h10,16-17H,1,5-9,11-13H2,2-4H3/t16-,17-,20+,21+/m0/s1. The van der Waals surface area contributed by atoms with Gasteiger partial charge in [0.15, 0.2) is 0 Å². The maximum atomic E-state index is 12.6. The zero-order valence-corrected chi connectivity index (χ0v) is 15.7. The Hall–Kier alpha value is -1.58. The Morgan fingerprint density at radius 1 is 1.40 bits per heavy atom. The minimum Gasteiger partial charge on any atom is -0.469 e. The largest absolute Gasteiger partial charge is 0.469 e. The van der Waals surface area contributed by atoms with Gasteiger partial charge in [-0.1, -0.05) is 25.5 Å². The summed E-state index contributed by atoms with van der Waals surface area (Å²) in [4.78, 5) is 24.3. The van der Waals surface area contributed by atoms with Crippen molar-refractivity contribution in [3.05, 3.63) is 23.8 Å². The molecule has 0 radical (unpaired) electrons. The lowest BCUT2D eigenvalue weighted by Crippen LogP contribution is -2.53. The molecule has 1 heterocycles. The third-order valence-electron chi connectivity index (χ3n) is 7.18.